The van der Waals surface area contributed by atoms with Gasteiger partial charge in [0.2, 0.25) is 0 Å². The quantitative estimate of drug-likeness (QED) is 0.718. The van der Waals surface area contributed by atoms with Crippen molar-refractivity contribution in [2.24, 2.45) is 0 Å². The summed E-state index contributed by atoms with van der Waals surface area (Å²) in [6.45, 7) is 6.03. The van der Waals surface area contributed by atoms with Crippen LogP contribution in [-0.2, 0) is 0 Å². The molecule has 0 heterocycles. The molecule has 0 bridgehead atoms. The Bertz CT molecular complexity index is 296. The zero-order valence-electron chi connectivity index (χ0n) is 10.1. The molecular weight excluding hydrogens is 202 g/mol. The standard InChI is InChI=1S/C13H19NO2/c1-10-4-6-13(7-5-10)14(8-11(2)15)9-12(3)16/h4-7,11-12H,8-9H2,1-3H3/q-2. The highest BCUT2D eigenvalue weighted by Crippen LogP contribution is 2.15. The third kappa shape index (κ3) is 4.21. The van der Waals surface area contributed by atoms with Crippen molar-refractivity contribution in [1.29, 1.82) is 0 Å². The number of nitrogens with zero attached hydrogens (tertiary/aromatic N) is 1. The summed E-state index contributed by atoms with van der Waals surface area (Å²) in [7, 11) is 0. The smallest absolute Gasteiger partial charge is 0.0365 e. The minimum Gasteiger partial charge on any atom is -0.851 e. The second-order valence-electron chi connectivity index (χ2n) is 4.36. The fraction of sp³-hybridized carbons (Fsp3) is 0.538. The van der Waals surface area contributed by atoms with E-state index in [2.05, 4.69) is 0 Å². The Hall–Kier alpha value is -1.06. The Morgan fingerprint density at radius 2 is 1.44 bits per heavy atom. The van der Waals surface area contributed by atoms with Crippen LogP contribution in [0, 0.1) is 6.92 Å². The minimum absolute atomic E-state index is 0.385. The molecule has 16 heavy (non-hydrogen) atoms. The van der Waals surface area contributed by atoms with Gasteiger partial charge in [0, 0.05) is 18.8 Å². The lowest BCUT2D eigenvalue weighted by molar-refractivity contribution is -0.415. The molecular formula is C13H19NO2-2. The molecule has 1 aromatic rings. The van der Waals surface area contributed by atoms with Crippen LogP contribution in [0.15, 0.2) is 24.3 Å². The first-order valence-electron chi connectivity index (χ1n) is 5.62. The molecule has 0 aliphatic heterocycles. The van der Waals surface area contributed by atoms with Crippen LogP contribution in [0.2, 0.25) is 0 Å². The fourth-order valence-electron chi connectivity index (χ4n) is 1.66. The van der Waals surface area contributed by atoms with Crippen molar-refractivity contribution >= 4 is 5.69 Å². The largest absolute Gasteiger partial charge is 0.851 e. The predicted molar refractivity (Wildman–Crippen MR) is 62.3 cm³/mol. The maximum atomic E-state index is 11.2. The van der Waals surface area contributed by atoms with E-state index >= 15 is 0 Å². The molecule has 0 aliphatic carbocycles. The van der Waals surface area contributed by atoms with Crippen molar-refractivity contribution in [2.75, 3.05) is 18.0 Å². The maximum Gasteiger partial charge on any atom is 0.0365 e. The van der Waals surface area contributed by atoms with Crippen LogP contribution in [0.1, 0.15) is 19.4 Å². The SMILES string of the molecule is Cc1ccc(N(CC(C)[O-])CC(C)[O-])cc1. The van der Waals surface area contributed by atoms with E-state index in [4.69, 9.17) is 0 Å². The van der Waals surface area contributed by atoms with Gasteiger partial charge in [0.05, 0.1) is 0 Å². The van der Waals surface area contributed by atoms with Gasteiger partial charge in [-0.05, 0) is 19.1 Å². The summed E-state index contributed by atoms with van der Waals surface area (Å²) < 4.78 is 0. The Morgan fingerprint density at radius 3 is 1.81 bits per heavy atom. The predicted octanol–water partition coefficient (Wildman–Crippen LogP) is 0.299. The van der Waals surface area contributed by atoms with E-state index in [9.17, 15) is 10.2 Å². The number of rotatable bonds is 5. The number of anilines is 1. The molecule has 0 radical (unpaired) electrons. The number of benzene rings is 1. The van der Waals surface area contributed by atoms with E-state index in [1.165, 1.54) is 5.56 Å². The lowest BCUT2D eigenvalue weighted by Gasteiger charge is -2.34. The third-order valence-corrected chi connectivity index (χ3v) is 2.35. The molecule has 0 saturated carbocycles. The van der Waals surface area contributed by atoms with Crippen LogP contribution in [0.5, 0.6) is 0 Å². The van der Waals surface area contributed by atoms with Crippen LogP contribution < -0.4 is 15.1 Å². The monoisotopic (exact) mass is 221 g/mol. The number of hydrogen-bond acceptors (Lipinski definition) is 3. The molecule has 0 amide bonds. The van der Waals surface area contributed by atoms with Gasteiger partial charge in [0.15, 0.2) is 0 Å². The van der Waals surface area contributed by atoms with Gasteiger partial charge < -0.3 is 15.1 Å². The zero-order chi connectivity index (χ0) is 12.1. The maximum absolute atomic E-state index is 11.2. The van der Waals surface area contributed by atoms with Crippen LogP contribution in [0.4, 0.5) is 5.69 Å². The second-order valence-corrected chi connectivity index (χ2v) is 4.36. The van der Waals surface area contributed by atoms with Gasteiger partial charge in [-0.3, -0.25) is 0 Å². The molecule has 1 rings (SSSR count). The van der Waals surface area contributed by atoms with Crippen molar-refractivity contribution in [3.63, 3.8) is 0 Å². The molecule has 1 aromatic carbocycles. The van der Waals surface area contributed by atoms with Crippen molar-refractivity contribution in [1.82, 2.24) is 0 Å². The molecule has 3 heteroatoms. The average Bonchev–Trinajstić information content (AvgIpc) is 2.16. The van der Waals surface area contributed by atoms with Crippen molar-refractivity contribution in [3.8, 4) is 0 Å². The first kappa shape index (κ1) is 13.0. The topological polar surface area (TPSA) is 49.4 Å². The van der Waals surface area contributed by atoms with Crippen LogP contribution in [0.3, 0.4) is 0 Å². The van der Waals surface area contributed by atoms with Crippen molar-refractivity contribution in [3.05, 3.63) is 29.8 Å². The van der Waals surface area contributed by atoms with E-state index in [1.54, 1.807) is 13.8 Å². The zero-order valence-corrected chi connectivity index (χ0v) is 10.1. The molecule has 0 aromatic heterocycles. The summed E-state index contributed by atoms with van der Waals surface area (Å²) >= 11 is 0. The van der Waals surface area contributed by atoms with Gasteiger partial charge >= 0.3 is 0 Å². The molecule has 0 aliphatic rings. The number of hydrogen-bond donors (Lipinski definition) is 0. The van der Waals surface area contributed by atoms with Crippen LogP contribution >= 0.6 is 0 Å². The van der Waals surface area contributed by atoms with E-state index < -0.39 is 12.2 Å². The molecule has 2 unspecified atom stereocenters. The van der Waals surface area contributed by atoms with Gasteiger partial charge in [-0.15, -0.1) is 12.2 Å². The third-order valence-electron chi connectivity index (χ3n) is 2.35. The van der Waals surface area contributed by atoms with Crippen LogP contribution in [-0.4, -0.2) is 25.3 Å². The van der Waals surface area contributed by atoms with Crippen LogP contribution in [0.25, 0.3) is 0 Å². The van der Waals surface area contributed by atoms with Gasteiger partial charge in [-0.2, -0.15) is 0 Å². The average molecular weight is 221 g/mol. The highest BCUT2D eigenvalue weighted by Gasteiger charge is 2.05. The lowest BCUT2D eigenvalue weighted by atomic mass is 10.2. The Morgan fingerprint density at radius 1 is 1.00 bits per heavy atom. The second kappa shape index (κ2) is 5.87. The van der Waals surface area contributed by atoms with Gasteiger partial charge in [0.25, 0.3) is 0 Å². The first-order valence-corrected chi connectivity index (χ1v) is 5.62. The summed E-state index contributed by atoms with van der Waals surface area (Å²) in [5.41, 5.74) is 2.13. The highest BCUT2D eigenvalue weighted by atomic mass is 16.3. The van der Waals surface area contributed by atoms with Crippen molar-refractivity contribution < 1.29 is 10.2 Å². The summed E-state index contributed by atoms with van der Waals surface area (Å²) in [6, 6.07) is 7.90. The van der Waals surface area contributed by atoms with Gasteiger partial charge in [0.1, 0.15) is 0 Å². The first-order chi connectivity index (χ1) is 7.49. The molecule has 0 spiro atoms. The normalized spacial score (nSPS) is 14.6. The van der Waals surface area contributed by atoms with Gasteiger partial charge in [-0.25, -0.2) is 0 Å². The summed E-state index contributed by atoms with van der Waals surface area (Å²) in [5, 5.41) is 22.4. The van der Waals surface area contributed by atoms with Gasteiger partial charge in [-0.1, -0.05) is 31.5 Å². The minimum atomic E-state index is -0.681. The molecule has 0 N–H and O–H groups in total. The van der Waals surface area contributed by atoms with Crippen molar-refractivity contribution in [2.45, 2.75) is 33.0 Å². The Balaban J connectivity index is 2.78. The van der Waals surface area contributed by atoms with E-state index in [0.29, 0.717) is 13.1 Å². The Kier molecular flexibility index (Phi) is 4.77. The molecule has 2 atom stereocenters. The fourth-order valence-corrected chi connectivity index (χ4v) is 1.66. The number of aryl methyl sites for hydroxylation is 1. The Labute approximate surface area is 97.3 Å². The van der Waals surface area contributed by atoms with E-state index in [-0.39, 0.29) is 0 Å². The highest BCUT2D eigenvalue weighted by molar-refractivity contribution is 5.47. The molecule has 90 valence electrons. The molecule has 0 saturated heterocycles. The van der Waals surface area contributed by atoms with E-state index in [0.717, 1.165) is 5.69 Å². The summed E-state index contributed by atoms with van der Waals surface area (Å²) in [5.74, 6) is 0. The lowest BCUT2D eigenvalue weighted by Crippen LogP contribution is -2.44. The molecule has 0 fully saturated rings. The summed E-state index contributed by atoms with van der Waals surface area (Å²) in [4.78, 5) is 1.87. The van der Waals surface area contributed by atoms with E-state index in [1.807, 2.05) is 36.1 Å². The summed E-state index contributed by atoms with van der Waals surface area (Å²) in [6.07, 6.45) is -1.36. The molecule has 3 nitrogen and oxygen atoms in total.